The van der Waals surface area contributed by atoms with Crippen LogP contribution in [0, 0.1) is 0 Å². The van der Waals surface area contributed by atoms with E-state index in [0.717, 1.165) is 18.8 Å². The van der Waals surface area contributed by atoms with Crippen molar-refractivity contribution >= 4 is 18.1 Å². The molecule has 0 saturated carbocycles. The summed E-state index contributed by atoms with van der Waals surface area (Å²) in [6.45, 7) is 6.39. The fraction of sp³-hybridized carbons (Fsp3) is 0.444. The fourth-order valence-electron chi connectivity index (χ4n) is 0.613. The molecule has 0 aliphatic rings. The summed E-state index contributed by atoms with van der Waals surface area (Å²) in [6, 6.07) is 3.50. The number of nitrogens with zero attached hydrogens (tertiary/aromatic N) is 1. The van der Waals surface area contributed by atoms with Gasteiger partial charge in [0.2, 0.25) is 0 Å². The van der Waals surface area contributed by atoms with Crippen LogP contribution in [0.2, 0.25) is 0 Å². The Kier molecular flexibility index (Phi) is 12.7. The number of pyridine rings is 1. The van der Waals surface area contributed by atoms with Crippen molar-refractivity contribution in [1.29, 1.82) is 0 Å². The number of nitrogen functional groups attached to an aromatic ring is 1. The van der Waals surface area contributed by atoms with Crippen molar-refractivity contribution in [2.45, 2.75) is 13.8 Å². The van der Waals surface area contributed by atoms with Crippen molar-refractivity contribution in [2.75, 3.05) is 18.8 Å². The summed E-state index contributed by atoms with van der Waals surface area (Å²) >= 11 is 0. The summed E-state index contributed by atoms with van der Waals surface area (Å²) in [5.74, 6) is 0. The van der Waals surface area contributed by atoms with Gasteiger partial charge in [0, 0.05) is 18.1 Å². The van der Waals surface area contributed by atoms with E-state index in [9.17, 15) is 0 Å². The summed E-state index contributed by atoms with van der Waals surface area (Å²) in [4.78, 5) is 3.77. The Labute approximate surface area is 86.2 Å². The maximum absolute atomic E-state index is 5.32. The van der Waals surface area contributed by atoms with Gasteiger partial charge < -0.3 is 11.1 Å². The standard InChI is InChI=1S/C5H6N2.C4H11N.ClH/c6-5-1-3-7-4-2-5;1-3-5-4-2;/h1-4H,(H2,6,7);5H,3-4H2,1-2H3;1H. The van der Waals surface area contributed by atoms with E-state index >= 15 is 0 Å². The zero-order valence-corrected chi connectivity index (χ0v) is 8.97. The second kappa shape index (κ2) is 11.2. The summed E-state index contributed by atoms with van der Waals surface area (Å²) in [7, 11) is 0. The summed E-state index contributed by atoms with van der Waals surface area (Å²) in [6.07, 6.45) is 3.32. The molecule has 1 aromatic heterocycles. The van der Waals surface area contributed by atoms with Crippen molar-refractivity contribution < 1.29 is 0 Å². The highest BCUT2D eigenvalue weighted by Gasteiger charge is 1.73. The molecule has 0 atom stereocenters. The van der Waals surface area contributed by atoms with E-state index in [4.69, 9.17) is 5.73 Å². The predicted molar refractivity (Wildman–Crippen MR) is 60.1 cm³/mol. The van der Waals surface area contributed by atoms with Crippen LogP contribution in [0.15, 0.2) is 24.5 Å². The van der Waals surface area contributed by atoms with Gasteiger partial charge >= 0.3 is 0 Å². The number of rotatable bonds is 2. The fourth-order valence-corrected chi connectivity index (χ4v) is 0.613. The average Bonchev–Trinajstić information content (AvgIpc) is 2.08. The minimum absolute atomic E-state index is 0. The molecule has 0 aromatic carbocycles. The molecule has 0 aliphatic heterocycles. The first-order chi connectivity index (χ1) is 5.81. The molecule has 0 bridgehead atoms. The van der Waals surface area contributed by atoms with Crippen LogP contribution in [-0.2, 0) is 0 Å². The molecule has 3 N–H and O–H groups in total. The quantitative estimate of drug-likeness (QED) is 0.770. The minimum atomic E-state index is 0. The molecule has 0 saturated heterocycles. The summed E-state index contributed by atoms with van der Waals surface area (Å²) in [5, 5.41) is 3.11. The van der Waals surface area contributed by atoms with Crippen LogP contribution < -0.4 is 11.1 Å². The van der Waals surface area contributed by atoms with E-state index in [-0.39, 0.29) is 12.4 Å². The van der Waals surface area contributed by atoms with Crippen molar-refractivity contribution in [2.24, 2.45) is 0 Å². The molecule has 0 radical (unpaired) electrons. The SMILES string of the molecule is CCNCC.Cl.Nc1ccncc1. The normalized spacial score (nSPS) is 7.85. The van der Waals surface area contributed by atoms with E-state index in [0.29, 0.717) is 0 Å². The Bertz CT molecular complexity index is 177. The lowest BCUT2D eigenvalue weighted by Gasteiger charge is -1.86. The Morgan fingerprint density at radius 2 is 1.69 bits per heavy atom. The Morgan fingerprint density at radius 3 is 1.85 bits per heavy atom. The molecule has 1 rings (SSSR count). The first kappa shape index (κ1) is 14.7. The van der Waals surface area contributed by atoms with Crippen LogP contribution in [-0.4, -0.2) is 18.1 Å². The van der Waals surface area contributed by atoms with Crippen LogP contribution >= 0.6 is 12.4 Å². The topological polar surface area (TPSA) is 50.9 Å². The number of hydrogen-bond donors (Lipinski definition) is 2. The van der Waals surface area contributed by atoms with Gasteiger partial charge in [-0.2, -0.15) is 0 Å². The van der Waals surface area contributed by atoms with E-state index < -0.39 is 0 Å². The lowest BCUT2D eigenvalue weighted by atomic mass is 10.4. The van der Waals surface area contributed by atoms with Crippen molar-refractivity contribution in [1.82, 2.24) is 10.3 Å². The van der Waals surface area contributed by atoms with Gasteiger partial charge in [-0.15, -0.1) is 12.4 Å². The molecular weight excluding hydrogens is 186 g/mol. The van der Waals surface area contributed by atoms with Gasteiger partial charge in [0.25, 0.3) is 0 Å². The van der Waals surface area contributed by atoms with Gasteiger partial charge in [0.1, 0.15) is 0 Å². The zero-order valence-electron chi connectivity index (χ0n) is 8.16. The average molecular weight is 204 g/mol. The van der Waals surface area contributed by atoms with Crippen LogP contribution in [0.25, 0.3) is 0 Å². The van der Waals surface area contributed by atoms with Gasteiger partial charge in [-0.1, -0.05) is 13.8 Å². The van der Waals surface area contributed by atoms with E-state index in [1.807, 2.05) is 0 Å². The van der Waals surface area contributed by atoms with E-state index in [1.165, 1.54) is 0 Å². The number of hydrogen-bond acceptors (Lipinski definition) is 3. The van der Waals surface area contributed by atoms with Gasteiger partial charge in [-0.25, -0.2) is 0 Å². The third-order valence-electron chi connectivity index (χ3n) is 1.21. The molecule has 3 nitrogen and oxygen atoms in total. The predicted octanol–water partition coefficient (Wildman–Crippen LogP) is 1.70. The molecular formula is C9H18ClN3. The van der Waals surface area contributed by atoms with Gasteiger partial charge in [-0.05, 0) is 25.2 Å². The molecule has 0 fully saturated rings. The van der Waals surface area contributed by atoms with Crippen LogP contribution in [0.5, 0.6) is 0 Å². The third kappa shape index (κ3) is 11.2. The molecule has 76 valence electrons. The van der Waals surface area contributed by atoms with Gasteiger partial charge in [0.15, 0.2) is 0 Å². The summed E-state index contributed by atoms with van der Waals surface area (Å²) in [5.41, 5.74) is 6.08. The number of nitrogens with one attached hydrogen (secondary N) is 1. The monoisotopic (exact) mass is 203 g/mol. The Balaban J connectivity index is 0. The maximum atomic E-state index is 5.32. The molecule has 1 aromatic rings. The van der Waals surface area contributed by atoms with Crippen molar-refractivity contribution in [3.8, 4) is 0 Å². The lowest BCUT2D eigenvalue weighted by molar-refractivity contribution is 0.762. The van der Waals surface area contributed by atoms with Crippen LogP contribution in [0.4, 0.5) is 5.69 Å². The number of anilines is 1. The third-order valence-corrected chi connectivity index (χ3v) is 1.21. The largest absolute Gasteiger partial charge is 0.399 e. The molecule has 0 aliphatic carbocycles. The van der Waals surface area contributed by atoms with E-state index in [2.05, 4.69) is 24.1 Å². The van der Waals surface area contributed by atoms with Crippen LogP contribution in [0.1, 0.15) is 13.8 Å². The number of halogens is 1. The second-order valence-corrected chi connectivity index (χ2v) is 2.24. The lowest BCUT2D eigenvalue weighted by Crippen LogP contribution is -2.09. The van der Waals surface area contributed by atoms with Crippen molar-refractivity contribution in [3.63, 3.8) is 0 Å². The molecule has 4 heteroatoms. The smallest absolute Gasteiger partial charge is 0.0344 e. The summed E-state index contributed by atoms with van der Waals surface area (Å²) < 4.78 is 0. The molecule has 0 unspecified atom stereocenters. The highest BCUT2D eigenvalue weighted by Crippen LogP contribution is 1.92. The minimum Gasteiger partial charge on any atom is -0.399 e. The number of nitrogens with two attached hydrogens (primary N) is 1. The second-order valence-electron chi connectivity index (χ2n) is 2.24. The van der Waals surface area contributed by atoms with Crippen molar-refractivity contribution in [3.05, 3.63) is 24.5 Å². The van der Waals surface area contributed by atoms with E-state index in [1.54, 1.807) is 24.5 Å². The molecule has 13 heavy (non-hydrogen) atoms. The number of aromatic nitrogens is 1. The van der Waals surface area contributed by atoms with Gasteiger partial charge in [0.05, 0.1) is 0 Å². The Morgan fingerprint density at radius 1 is 1.23 bits per heavy atom. The zero-order chi connectivity index (χ0) is 9.23. The van der Waals surface area contributed by atoms with Gasteiger partial charge in [-0.3, -0.25) is 4.98 Å². The van der Waals surface area contributed by atoms with Crippen LogP contribution in [0.3, 0.4) is 0 Å². The molecule has 1 heterocycles. The molecule has 0 spiro atoms. The maximum Gasteiger partial charge on any atom is 0.0344 e. The highest BCUT2D eigenvalue weighted by atomic mass is 35.5. The highest BCUT2D eigenvalue weighted by molar-refractivity contribution is 5.85. The molecule has 0 amide bonds. The Hall–Kier alpha value is -0.800. The first-order valence-electron chi connectivity index (χ1n) is 4.17. The first-order valence-corrected chi connectivity index (χ1v) is 4.17.